The van der Waals surface area contributed by atoms with Gasteiger partial charge in [-0.15, -0.1) is 0 Å². The lowest BCUT2D eigenvalue weighted by Gasteiger charge is -2.06. The lowest BCUT2D eigenvalue weighted by atomic mass is 10.0. The fraction of sp³-hybridized carbons (Fsp3) is 0.200. The van der Waals surface area contributed by atoms with Gasteiger partial charge in [0.25, 0.3) is 0 Å². The molecule has 5 rings (SSSR count). The van der Waals surface area contributed by atoms with Crippen molar-refractivity contribution in [2.24, 2.45) is 12.0 Å². The third-order valence-corrected chi connectivity index (χ3v) is 4.91. The summed E-state index contributed by atoms with van der Waals surface area (Å²) in [5, 5.41) is 8.26. The third-order valence-electron chi connectivity index (χ3n) is 4.91. The first-order chi connectivity index (χ1) is 13.3. The lowest BCUT2D eigenvalue weighted by molar-refractivity contribution is 0.768. The van der Waals surface area contributed by atoms with Crippen LogP contribution in [0.4, 0.5) is 17.5 Å². The molecule has 1 aliphatic rings. The Labute approximate surface area is 156 Å². The standard InChI is InChI=1S/C20H19N7/c1-27-12-15(11-23-27)24-20-25-18-17(8-9-21-18)19(26-20)22-10-14-7-6-13-4-2-3-5-16(13)14/h2-5,8-12,14H,6-7H2,1H3,(H2,21,24,25,26). The average Bonchev–Trinajstić information content (AvgIpc) is 3.40. The summed E-state index contributed by atoms with van der Waals surface area (Å²) in [4.78, 5) is 17.0. The predicted molar refractivity (Wildman–Crippen MR) is 106 cm³/mol. The Morgan fingerprint density at radius 3 is 3.07 bits per heavy atom. The molecule has 3 heterocycles. The van der Waals surface area contributed by atoms with Crippen molar-refractivity contribution in [1.82, 2.24) is 24.7 Å². The number of anilines is 2. The van der Waals surface area contributed by atoms with Gasteiger partial charge in [0.1, 0.15) is 5.65 Å². The Hall–Kier alpha value is -3.48. The highest BCUT2D eigenvalue weighted by Crippen LogP contribution is 2.32. The number of fused-ring (bicyclic) bond motifs is 2. The van der Waals surface area contributed by atoms with Crippen molar-refractivity contribution in [1.29, 1.82) is 0 Å². The molecule has 1 unspecified atom stereocenters. The van der Waals surface area contributed by atoms with E-state index in [1.807, 2.05) is 31.7 Å². The summed E-state index contributed by atoms with van der Waals surface area (Å²) in [5.74, 6) is 1.49. The number of nitrogens with one attached hydrogen (secondary N) is 2. The molecule has 7 heteroatoms. The summed E-state index contributed by atoms with van der Waals surface area (Å²) in [6.45, 7) is 0. The quantitative estimate of drug-likeness (QED) is 0.543. The van der Waals surface area contributed by atoms with Gasteiger partial charge >= 0.3 is 0 Å². The molecule has 1 aromatic carbocycles. The summed E-state index contributed by atoms with van der Waals surface area (Å²) < 4.78 is 1.73. The molecule has 0 saturated carbocycles. The van der Waals surface area contributed by atoms with Crippen molar-refractivity contribution < 1.29 is 0 Å². The van der Waals surface area contributed by atoms with Crippen LogP contribution >= 0.6 is 0 Å². The Morgan fingerprint density at radius 1 is 1.26 bits per heavy atom. The number of aromatic amines is 1. The number of H-pyrrole nitrogens is 1. The first kappa shape index (κ1) is 15.7. The summed E-state index contributed by atoms with van der Waals surface area (Å²) >= 11 is 0. The van der Waals surface area contributed by atoms with Gasteiger partial charge in [-0.05, 0) is 30.0 Å². The van der Waals surface area contributed by atoms with E-state index in [0.717, 1.165) is 29.6 Å². The maximum atomic E-state index is 4.74. The fourth-order valence-electron chi connectivity index (χ4n) is 3.60. The molecule has 3 aromatic heterocycles. The van der Waals surface area contributed by atoms with Crippen LogP contribution in [-0.2, 0) is 13.5 Å². The Kier molecular flexibility index (Phi) is 3.71. The molecule has 0 spiro atoms. The van der Waals surface area contributed by atoms with E-state index in [-0.39, 0.29) is 0 Å². The van der Waals surface area contributed by atoms with E-state index in [1.54, 1.807) is 10.9 Å². The highest BCUT2D eigenvalue weighted by Gasteiger charge is 2.20. The van der Waals surface area contributed by atoms with Crippen molar-refractivity contribution >= 4 is 34.7 Å². The van der Waals surface area contributed by atoms with Crippen LogP contribution in [0.1, 0.15) is 23.5 Å². The zero-order valence-electron chi connectivity index (χ0n) is 14.9. The topological polar surface area (TPSA) is 83.8 Å². The Bertz CT molecular complexity index is 1140. The van der Waals surface area contributed by atoms with E-state index < -0.39 is 0 Å². The van der Waals surface area contributed by atoms with Gasteiger partial charge in [-0.2, -0.15) is 15.1 Å². The SMILES string of the molecule is Cn1cc(Nc2nc(N=CC3CCc4ccccc43)c3cc[nH]c3n2)cn1. The second-order valence-corrected chi connectivity index (χ2v) is 6.76. The van der Waals surface area contributed by atoms with Crippen LogP contribution in [0.5, 0.6) is 0 Å². The maximum Gasteiger partial charge on any atom is 0.231 e. The number of aliphatic imine (C=N–C) groups is 1. The molecule has 0 fully saturated rings. The number of benzene rings is 1. The molecule has 134 valence electrons. The van der Waals surface area contributed by atoms with E-state index in [2.05, 4.69) is 49.6 Å². The predicted octanol–water partition coefficient (Wildman–Crippen LogP) is 3.87. The first-order valence-corrected chi connectivity index (χ1v) is 8.99. The Morgan fingerprint density at radius 2 is 2.19 bits per heavy atom. The van der Waals surface area contributed by atoms with Crippen molar-refractivity contribution in [3.05, 3.63) is 60.0 Å². The number of hydrogen-bond acceptors (Lipinski definition) is 5. The molecular weight excluding hydrogens is 338 g/mol. The minimum atomic E-state index is 0.333. The van der Waals surface area contributed by atoms with E-state index in [4.69, 9.17) is 4.99 Å². The number of nitrogens with zero attached hydrogens (tertiary/aromatic N) is 5. The Balaban J connectivity index is 1.48. The van der Waals surface area contributed by atoms with Crippen LogP contribution in [-0.4, -0.2) is 30.9 Å². The summed E-state index contributed by atoms with van der Waals surface area (Å²) in [6.07, 6.45) is 9.68. The van der Waals surface area contributed by atoms with E-state index in [0.29, 0.717) is 17.7 Å². The van der Waals surface area contributed by atoms with Crippen LogP contribution in [0.2, 0.25) is 0 Å². The summed E-state index contributed by atoms with van der Waals surface area (Å²) in [7, 11) is 1.87. The van der Waals surface area contributed by atoms with E-state index in [9.17, 15) is 0 Å². The highest BCUT2D eigenvalue weighted by atomic mass is 15.3. The zero-order valence-corrected chi connectivity index (χ0v) is 14.9. The van der Waals surface area contributed by atoms with Gasteiger partial charge < -0.3 is 10.3 Å². The van der Waals surface area contributed by atoms with Crippen molar-refractivity contribution in [3.8, 4) is 0 Å². The normalized spacial score (nSPS) is 16.3. The second kappa shape index (κ2) is 6.35. The lowest BCUT2D eigenvalue weighted by Crippen LogP contribution is -1.98. The number of aromatic nitrogens is 5. The molecule has 2 N–H and O–H groups in total. The largest absolute Gasteiger partial charge is 0.346 e. The average molecular weight is 357 g/mol. The number of aryl methyl sites for hydroxylation is 2. The van der Waals surface area contributed by atoms with E-state index >= 15 is 0 Å². The molecule has 0 aliphatic heterocycles. The molecule has 0 saturated heterocycles. The third kappa shape index (κ3) is 2.97. The van der Waals surface area contributed by atoms with Gasteiger partial charge in [-0.1, -0.05) is 24.3 Å². The molecular formula is C20H19N7. The van der Waals surface area contributed by atoms with E-state index in [1.165, 1.54) is 11.1 Å². The van der Waals surface area contributed by atoms with Crippen molar-refractivity contribution in [2.45, 2.75) is 18.8 Å². The molecule has 0 bridgehead atoms. The van der Waals surface area contributed by atoms with Crippen LogP contribution in [0.15, 0.2) is 53.9 Å². The van der Waals surface area contributed by atoms with Crippen LogP contribution in [0.25, 0.3) is 11.0 Å². The van der Waals surface area contributed by atoms with Gasteiger partial charge in [-0.3, -0.25) is 4.68 Å². The zero-order chi connectivity index (χ0) is 18.2. The number of hydrogen-bond donors (Lipinski definition) is 2. The molecule has 4 aromatic rings. The molecule has 27 heavy (non-hydrogen) atoms. The van der Waals surface area contributed by atoms with Crippen LogP contribution < -0.4 is 5.32 Å². The molecule has 1 atom stereocenters. The van der Waals surface area contributed by atoms with Crippen LogP contribution in [0.3, 0.4) is 0 Å². The second-order valence-electron chi connectivity index (χ2n) is 6.76. The molecule has 0 radical (unpaired) electrons. The smallest absolute Gasteiger partial charge is 0.231 e. The first-order valence-electron chi connectivity index (χ1n) is 8.99. The van der Waals surface area contributed by atoms with Gasteiger partial charge in [0.05, 0.1) is 17.3 Å². The maximum absolute atomic E-state index is 4.74. The van der Waals surface area contributed by atoms with Crippen molar-refractivity contribution in [3.63, 3.8) is 0 Å². The monoisotopic (exact) mass is 357 g/mol. The number of rotatable bonds is 4. The molecule has 7 nitrogen and oxygen atoms in total. The van der Waals surface area contributed by atoms with Crippen molar-refractivity contribution in [2.75, 3.05) is 5.32 Å². The van der Waals surface area contributed by atoms with Gasteiger partial charge in [-0.25, -0.2) is 4.99 Å². The molecule has 0 amide bonds. The van der Waals surface area contributed by atoms with Gasteiger partial charge in [0.2, 0.25) is 5.95 Å². The van der Waals surface area contributed by atoms with Crippen LogP contribution in [0, 0.1) is 0 Å². The molecule has 1 aliphatic carbocycles. The fourth-order valence-corrected chi connectivity index (χ4v) is 3.60. The van der Waals surface area contributed by atoms with Gasteiger partial charge in [0.15, 0.2) is 5.82 Å². The summed E-state index contributed by atoms with van der Waals surface area (Å²) in [5.41, 5.74) is 4.38. The minimum absolute atomic E-state index is 0.333. The highest BCUT2D eigenvalue weighted by molar-refractivity contribution is 5.89. The minimum Gasteiger partial charge on any atom is -0.346 e. The summed E-state index contributed by atoms with van der Waals surface area (Å²) in [6, 6.07) is 10.5. The van der Waals surface area contributed by atoms with Gasteiger partial charge in [0, 0.05) is 31.6 Å².